The van der Waals surface area contributed by atoms with Gasteiger partial charge in [-0.2, -0.15) is 0 Å². The third kappa shape index (κ3) is 1.88. The summed E-state index contributed by atoms with van der Waals surface area (Å²) in [4.78, 5) is 4.45. The first-order valence-corrected chi connectivity index (χ1v) is 6.22. The molecule has 90 valence electrons. The summed E-state index contributed by atoms with van der Waals surface area (Å²) in [5, 5.41) is 1.01. The molecule has 1 aromatic heterocycles. The molecule has 0 N–H and O–H groups in total. The van der Waals surface area contributed by atoms with E-state index in [1.165, 1.54) is 0 Å². The lowest BCUT2D eigenvalue weighted by molar-refractivity contribution is 0.617. The number of para-hydroxylation sites is 1. The van der Waals surface area contributed by atoms with Gasteiger partial charge in [0.15, 0.2) is 5.58 Å². The minimum atomic E-state index is 0.494. The molecule has 1 heterocycles. The van der Waals surface area contributed by atoms with Gasteiger partial charge in [-0.1, -0.05) is 35.3 Å². The Morgan fingerprint density at radius 3 is 2.61 bits per heavy atom. The summed E-state index contributed by atoms with van der Waals surface area (Å²) in [7, 11) is 0. The van der Waals surface area contributed by atoms with Gasteiger partial charge in [0.1, 0.15) is 5.52 Å². The van der Waals surface area contributed by atoms with Crippen molar-refractivity contribution >= 4 is 34.3 Å². The molecule has 0 aliphatic carbocycles. The highest BCUT2D eigenvalue weighted by molar-refractivity contribution is 6.42. The maximum Gasteiger partial charge on any atom is 0.227 e. The molecule has 3 rings (SSSR count). The number of rotatable bonds is 1. The van der Waals surface area contributed by atoms with E-state index in [4.69, 9.17) is 27.6 Å². The highest BCUT2D eigenvalue weighted by atomic mass is 35.5. The van der Waals surface area contributed by atoms with Gasteiger partial charge >= 0.3 is 0 Å². The van der Waals surface area contributed by atoms with Crippen molar-refractivity contribution in [3.8, 4) is 11.5 Å². The van der Waals surface area contributed by atoms with Gasteiger partial charge in [-0.25, -0.2) is 4.98 Å². The first-order chi connectivity index (χ1) is 8.65. The number of aromatic nitrogens is 1. The zero-order valence-electron chi connectivity index (χ0n) is 9.58. The predicted octanol–water partition coefficient (Wildman–Crippen LogP) is 5.11. The Morgan fingerprint density at radius 2 is 1.89 bits per heavy atom. The molecule has 0 spiro atoms. The number of hydrogen-bond donors (Lipinski definition) is 0. The largest absolute Gasteiger partial charge is 0.436 e. The van der Waals surface area contributed by atoms with E-state index in [0.29, 0.717) is 15.9 Å². The van der Waals surface area contributed by atoms with Crippen molar-refractivity contribution in [3.63, 3.8) is 0 Å². The standard InChI is InChI=1S/C14H9Cl2NO/c1-8-3-2-4-12-13(8)18-14(17-12)9-5-6-10(15)11(16)7-9/h2-7H,1H3. The van der Waals surface area contributed by atoms with Crippen molar-refractivity contribution < 1.29 is 4.42 Å². The second-order valence-corrected chi connectivity index (χ2v) is 4.89. The molecule has 0 aliphatic rings. The molecule has 0 amide bonds. The molecule has 0 aliphatic heterocycles. The van der Waals surface area contributed by atoms with E-state index in [9.17, 15) is 0 Å². The lowest BCUT2D eigenvalue weighted by atomic mass is 10.2. The van der Waals surface area contributed by atoms with Crippen LogP contribution in [0.1, 0.15) is 5.56 Å². The molecule has 0 saturated carbocycles. The molecule has 0 bridgehead atoms. The van der Waals surface area contributed by atoms with E-state index in [1.807, 2.05) is 31.2 Å². The van der Waals surface area contributed by atoms with E-state index < -0.39 is 0 Å². The van der Waals surface area contributed by atoms with Crippen LogP contribution >= 0.6 is 23.2 Å². The lowest BCUT2D eigenvalue weighted by Crippen LogP contribution is -1.77. The van der Waals surface area contributed by atoms with Gasteiger partial charge in [0, 0.05) is 5.56 Å². The fraction of sp³-hybridized carbons (Fsp3) is 0.0714. The van der Waals surface area contributed by atoms with Gasteiger partial charge in [0.05, 0.1) is 10.0 Å². The van der Waals surface area contributed by atoms with Crippen molar-refractivity contribution in [2.24, 2.45) is 0 Å². The summed E-state index contributed by atoms with van der Waals surface area (Å²) in [6, 6.07) is 11.2. The van der Waals surface area contributed by atoms with Crippen molar-refractivity contribution in [3.05, 3.63) is 52.0 Å². The zero-order valence-corrected chi connectivity index (χ0v) is 11.1. The summed E-state index contributed by atoms with van der Waals surface area (Å²) in [5.74, 6) is 0.554. The van der Waals surface area contributed by atoms with Gasteiger partial charge in [-0.3, -0.25) is 0 Å². The van der Waals surface area contributed by atoms with Gasteiger partial charge in [0.25, 0.3) is 0 Å². The summed E-state index contributed by atoms with van der Waals surface area (Å²) >= 11 is 11.9. The highest BCUT2D eigenvalue weighted by Crippen LogP contribution is 2.30. The van der Waals surface area contributed by atoms with Crippen LogP contribution in [0.15, 0.2) is 40.8 Å². The molecule has 0 fully saturated rings. The number of halogens is 2. The zero-order chi connectivity index (χ0) is 12.7. The average molecular weight is 278 g/mol. The molecule has 2 aromatic carbocycles. The average Bonchev–Trinajstić information content (AvgIpc) is 2.78. The maximum atomic E-state index is 5.99. The summed E-state index contributed by atoms with van der Waals surface area (Å²) < 4.78 is 5.77. The summed E-state index contributed by atoms with van der Waals surface area (Å²) in [5.41, 5.74) is 3.53. The van der Waals surface area contributed by atoms with Crippen LogP contribution in [-0.2, 0) is 0 Å². The molecule has 4 heteroatoms. The molecule has 0 saturated heterocycles. The molecule has 0 unspecified atom stereocenters. The van der Waals surface area contributed by atoms with Crippen LogP contribution in [0.3, 0.4) is 0 Å². The summed E-state index contributed by atoms with van der Waals surface area (Å²) in [6.07, 6.45) is 0. The first kappa shape index (κ1) is 11.6. The highest BCUT2D eigenvalue weighted by Gasteiger charge is 2.10. The predicted molar refractivity (Wildman–Crippen MR) is 74.2 cm³/mol. The Kier molecular flexibility index (Phi) is 2.77. The van der Waals surface area contributed by atoms with Crippen LogP contribution in [0.2, 0.25) is 10.0 Å². The van der Waals surface area contributed by atoms with Crippen LogP contribution in [0.4, 0.5) is 0 Å². The number of benzene rings is 2. The molecule has 18 heavy (non-hydrogen) atoms. The molecule has 3 aromatic rings. The number of aryl methyl sites for hydroxylation is 1. The van der Waals surface area contributed by atoms with Crippen LogP contribution in [-0.4, -0.2) is 4.98 Å². The Balaban J connectivity index is 2.19. The van der Waals surface area contributed by atoms with Crippen LogP contribution < -0.4 is 0 Å². The molecular formula is C14H9Cl2NO. The third-order valence-corrected chi connectivity index (χ3v) is 3.52. The first-order valence-electron chi connectivity index (χ1n) is 5.47. The van der Waals surface area contributed by atoms with E-state index >= 15 is 0 Å². The van der Waals surface area contributed by atoms with Crippen LogP contribution in [0.5, 0.6) is 0 Å². The van der Waals surface area contributed by atoms with Crippen molar-refractivity contribution in [2.75, 3.05) is 0 Å². The number of oxazole rings is 1. The monoisotopic (exact) mass is 277 g/mol. The maximum absolute atomic E-state index is 5.99. The Morgan fingerprint density at radius 1 is 1.06 bits per heavy atom. The second-order valence-electron chi connectivity index (χ2n) is 4.07. The minimum absolute atomic E-state index is 0.494. The molecular weight excluding hydrogens is 269 g/mol. The summed E-state index contributed by atoms with van der Waals surface area (Å²) in [6.45, 7) is 1.99. The van der Waals surface area contributed by atoms with Gasteiger partial charge < -0.3 is 4.42 Å². The number of nitrogens with zero attached hydrogens (tertiary/aromatic N) is 1. The van der Waals surface area contributed by atoms with Crippen molar-refractivity contribution in [1.82, 2.24) is 4.98 Å². The lowest BCUT2D eigenvalue weighted by Gasteiger charge is -1.98. The van der Waals surface area contributed by atoms with Crippen molar-refractivity contribution in [1.29, 1.82) is 0 Å². The SMILES string of the molecule is Cc1cccc2nc(-c3ccc(Cl)c(Cl)c3)oc12. The van der Waals surface area contributed by atoms with Gasteiger partial charge in [-0.05, 0) is 36.8 Å². The third-order valence-electron chi connectivity index (χ3n) is 2.78. The second kappa shape index (κ2) is 4.30. The van der Waals surface area contributed by atoms with Gasteiger partial charge in [-0.15, -0.1) is 0 Å². The van der Waals surface area contributed by atoms with E-state index in [-0.39, 0.29) is 0 Å². The van der Waals surface area contributed by atoms with Crippen LogP contribution in [0, 0.1) is 6.92 Å². The van der Waals surface area contributed by atoms with E-state index in [0.717, 1.165) is 22.2 Å². The smallest absolute Gasteiger partial charge is 0.227 e. The fourth-order valence-electron chi connectivity index (χ4n) is 1.84. The van der Waals surface area contributed by atoms with Crippen LogP contribution in [0.25, 0.3) is 22.6 Å². The van der Waals surface area contributed by atoms with E-state index in [2.05, 4.69) is 4.98 Å². The van der Waals surface area contributed by atoms with Gasteiger partial charge in [0.2, 0.25) is 5.89 Å². The molecule has 2 nitrogen and oxygen atoms in total. The molecule has 0 atom stereocenters. The molecule has 0 radical (unpaired) electrons. The fourth-order valence-corrected chi connectivity index (χ4v) is 2.14. The van der Waals surface area contributed by atoms with E-state index in [1.54, 1.807) is 12.1 Å². The minimum Gasteiger partial charge on any atom is -0.436 e. The Labute approximate surface area is 114 Å². The quantitative estimate of drug-likeness (QED) is 0.618. The Hall–Kier alpha value is -1.51. The Bertz CT molecular complexity index is 734. The van der Waals surface area contributed by atoms with Crippen molar-refractivity contribution in [2.45, 2.75) is 6.92 Å². The number of hydrogen-bond acceptors (Lipinski definition) is 2. The normalized spacial score (nSPS) is 11.1. The number of fused-ring (bicyclic) bond motifs is 1. The topological polar surface area (TPSA) is 26.0 Å².